The Morgan fingerprint density at radius 1 is 1.18 bits per heavy atom. The second kappa shape index (κ2) is 8.63. The number of fused-ring (bicyclic) bond motifs is 1. The van der Waals surface area contributed by atoms with E-state index in [4.69, 9.17) is 15.6 Å². The summed E-state index contributed by atoms with van der Waals surface area (Å²) in [6.45, 7) is -0.650. The number of aliphatic hydroxyl groups is 2. The lowest BCUT2D eigenvalue weighted by Crippen LogP contribution is -2.35. The highest BCUT2D eigenvalue weighted by molar-refractivity contribution is 7.84. The largest absolute Gasteiger partial charge is 0.387 e. The molecular formula is C19H17F2N5O6S. The van der Waals surface area contributed by atoms with Crippen molar-refractivity contribution in [3.63, 3.8) is 0 Å². The van der Waals surface area contributed by atoms with Crippen LogP contribution in [0.2, 0.25) is 0 Å². The van der Waals surface area contributed by atoms with E-state index in [0.29, 0.717) is 0 Å². The molecule has 0 spiro atoms. The highest BCUT2D eigenvalue weighted by atomic mass is 32.2. The van der Waals surface area contributed by atoms with Crippen LogP contribution < -0.4 is 10.9 Å². The van der Waals surface area contributed by atoms with Gasteiger partial charge >= 0.3 is 10.3 Å². The van der Waals surface area contributed by atoms with Gasteiger partial charge in [-0.3, -0.25) is 4.18 Å². The number of aromatic nitrogens is 3. The van der Waals surface area contributed by atoms with E-state index in [2.05, 4.69) is 26.0 Å². The first kappa shape index (κ1) is 23.0. The van der Waals surface area contributed by atoms with Crippen LogP contribution in [0.5, 0.6) is 0 Å². The Balaban J connectivity index is 1.75. The fourth-order valence-electron chi connectivity index (χ4n) is 3.40. The molecule has 1 aliphatic rings. The van der Waals surface area contributed by atoms with Crippen LogP contribution in [0.1, 0.15) is 17.4 Å². The van der Waals surface area contributed by atoms with Crippen LogP contribution in [0.15, 0.2) is 30.7 Å². The maximum atomic E-state index is 13.9. The quantitative estimate of drug-likeness (QED) is 0.359. The number of nitrogens with zero attached hydrogens (tertiary/aromatic N) is 3. The van der Waals surface area contributed by atoms with Gasteiger partial charge < -0.3 is 25.3 Å². The van der Waals surface area contributed by atoms with Crippen molar-refractivity contribution in [2.75, 3.05) is 12.3 Å². The Kier molecular flexibility index (Phi) is 6.01. The maximum Gasteiger partial charge on any atom is 0.333 e. The fraction of sp³-hybridized carbons (Fsp3) is 0.263. The monoisotopic (exact) mass is 481 g/mol. The van der Waals surface area contributed by atoms with Crippen LogP contribution in [-0.2, 0) is 19.2 Å². The summed E-state index contributed by atoms with van der Waals surface area (Å²) >= 11 is 0. The van der Waals surface area contributed by atoms with Crippen molar-refractivity contribution in [2.24, 2.45) is 5.14 Å². The zero-order valence-corrected chi connectivity index (χ0v) is 17.4. The summed E-state index contributed by atoms with van der Waals surface area (Å²) in [6, 6.07) is 3.32. The zero-order chi connectivity index (χ0) is 23.9. The van der Waals surface area contributed by atoms with Crippen molar-refractivity contribution in [1.29, 1.82) is 0 Å². The molecule has 1 saturated heterocycles. The summed E-state index contributed by atoms with van der Waals surface area (Å²) in [5, 5.41) is 25.7. The molecule has 3 aromatic rings. The minimum atomic E-state index is -4.31. The summed E-state index contributed by atoms with van der Waals surface area (Å²) in [7, 11) is -4.31. The van der Waals surface area contributed by atoms with Crippen LogP contribution in [-0.4, -0.2) is 58.1 Å². The molecule has 0 saturated carbocycles. The number of hydrogen-bond donors (Lipinski definition) is 4. The molecule has 0 radical (unpaired) electrons. The fourth-order valence-corrected chi connectivity index (χ4v) is 3.73. The van der Waals surface area contributed by atoms with E-state index in [1.807, 2.05) is 0 Å². The van der Waals surface area contributed by atoms with Crippen LogP contribution in [0.4, 0.5) is 14.6 Å². The van der Waals surface area contributed by atoms with Crippen LogP contribution >= 0.6 is 0 Å². The average molecular weight is 481 g/mol. The first-order valence-corrected chi connectivity index (χ1v) is 10.8. The normalized spacial score (nSPS) is 22.9. The van der Waals surface area contributed by atoms with Crippen molar-refractivity contribution in [1.82, 2.24) is 14.5 Å². The number of aliphatic hydroxyl groups excluding tert-OH is 2. The SMILES string of the molecule is Nc1ncnc2c1c(C#Cc1c(F)cccc1F)cn2[C@@H]1O[C@H](COS(N)(=O)=O)[C@@H](O)[C@H]1O. The number of anilines is 1. The van der Waals surface area contributed by atoms with Gasteiger partial charge in [-0.2, -0.15) is 8.42 Å². The third-order valence-corrected chi connectivity index (χ3v) is 5.40. The van der Waals surface area contributed by atoms with E-state index in [9.17, 15) is 27.4 Å². The van der Waals surface area contributed by atoms with Crippen LogP contribution in [0, 0.1) is 23.5 Å². The Morgan fingerprint density at radius 2 is 1.88 bits per heavy atom. The van der Waals surface area contributed by atoms with Crippen molar-refractivity contribution in [2.45, 2.75) is 24.5 Å². The second-order valence-electron chi connectivity index (χ2n) is 7.08. The third-order valence-electron chi connectivity index (χ3n) is 4.93. The first-order valence-electron chi connectivity index (χ1n) is 9.32. The lowest BCUT2D eigenvalue weighted by Gasteiger charge is -2.17. The Bertz CT molecular complexity index is 1370. The third kappa shape index (κ3) is 4.50. The van der Waals surface area contributed by atoms with Gasteiger partial charge in [0, 0.05) is 6.20 Å². The van der Waals surface area contributed by atoms with Crippen LogP contribution in [0.3, 0.4) is 0 Å². The molecule has 4 atom stereocenters. The number of rotatable bonds is 4. The Morgan fingerprint density at radius 3 is 2.55 bits per heavy atom. The molecule has 0 unspecified atom stereocenters. The predicted molar refractivity (Wildman–Crippen MR) is 109 cm³/mol. The lowest BCUT2D eigenvalue weighted by atomic mass is 10.1. The number of hydrogen-bond acceptors (Lipinski definition) is 9. The molecule has 4 rings (SSSR count). The molecule has 174 valence electrons. The molecule has 0 bridgehead atoms. The minimum absolute atomic E-state index is 0.000741. The molecular weight excluding hydrogens is 464 g/mol. The van der Waals surface area contributed by atoms with Gasteiger partial charge in [0.25, 0.3) is 0 Å². The minimum Gasteiger partial charge on any atom is -0.387 e. The summed E-state index contributed by atoms with van der Waals surface area (Å²) < 4.78 is 61.3. The molecule has 3 heterocycles. The number of ether oxygens (including phenoxy) is 1. The average Bonchev–Trinajstić information content (AvgIpc) is 3.24. The highest BCUT2D eigenvalue weighted by Gasteiger charge is 2.45. The Labute approximate surface area is 185 Å². The molecule has 11 nitrogen and oxygen atoms in total. The zero-order valence-electron chi connectivity index (χ0n) is 16.6. The smallest absolute Gasteiger partial charge is 0.333 e. The number of halogens is 2. The lowest BCUT2D eigenvalue weighted by molar-refractivity contribution is -0.0464. The predicted octanol–water partition coefficient (Wildman–Crippen LogP) is -0.469. The van der Waals surface area contributed by atoms with Gasteiger partial charge in [-0.05, 0) is 12.1 Å². The van der Waals surface area contributed by atoms with Gasteiger partial charge in [0.15, 0.2) is 6.23 Å². The van der Waals surface area contributed by atoms with Crippen molar-refractivity contribution >= 4 is 27.2 Å². The summed E-state index contributed by atoms with van der Waals surface area (Å²) in [5.74, 6) is 3.32. The van der Waals surface area contributed by atoms with Gasteiger partial charge in [0.05, 0.1) is 23.1 Å². The maximum absolute atomic E-state index is 13.9. The first-order chi connectivity index (χ1) is 15.6. The van der Waals surface area contributed by atoms with Crippen LogP contribution in [0.25, 0.3) is 11.0 Å². The number of nitrogens with two attached hydrogens (primary N) is 2. The van der Waals surface area contributed by atoms with Gasteiger partial charge in [-0.15, -0.1) is 0 Å². The van der Waals surface area contributed by atoms with E-state index in [1.165, 1.54) is 16.8 Å². The molecule has 2 aromatic heterocycles. The van der Waals surface area contributed by atoms with E-state index >= 15 is 0 Å². The van der Waals surface area contributed by atoms with E-state index in [0.717, 1.165) is 18.5 Å². The number of benzene rings is 1. The van der Waals surface area contributed by atoms with Gasteiger partial charge in [0.2, 0.25) is 0 Å². The van der Waals surface area contributed by atoms with Gasteiger partial charge in [0.1, 0.15) is 47.7 Å². The molecule has 0 aliphatic carbocycles. The highest BCUT2D eigenvalue weighted by Crippen LogP contribution is 2.34. The second-order valence-corrected chi connectivity index (χ2v) is 8.30. The number of nitrogen functional groups attached to an aromatic ring is 1. The molecule has 14 heteroatoms. The summed E-state index contributed by atoms with van der Waals surface area (Å²) in [4.78, 5) is 7.99. The van der Waals surface area contributed by atoms with Crippen molar-refractivity contribution < 1.29 is 36.3 Å². The van der Waals surface area contributed by atoms with E-state index in [-0.39, 0.29) is 22.4 Å². The molecule has 1 aliphatic heterocycles. The molecule has 1 fully saturated rings. The topological polar surface area (TPSA) is 176 Å². The van der Waals surface area contributed by atoms with E-state index < -0.39 is 58.6 Å². The van der Waals surface area contributed by atoms with Crippen molar-refractivity contribution in [3.8, 4) is 11.8 Å². The van der Waals surface area contributed by atoms with Crippen molar-refractivity contribution in [3.05, 3.63) is 53.5 Å². The summed E-state index contributed by atoms with van der Waals surface area (Å²) in [5.41, 5.74) is 5.80. The standard InChI is InChI=1S/C19H17F2N5O6S/c20-11-2-1-3-12(21)10(11)5-4-9-6-26(18-14(9)17(22)24-8-25-18)19-16(28)15(27)13(32-19)7-31-33(23,29)30/h1-3,6,8,13,15-16,19,27-28H,7H2,(H2,22,24,25)(H2,23,29,30)/t13-,15-,16-,19-/m1/s1. The molecule has 6 N–H and O–H groups in total. The summed E-state index contributed by atoms with van der Waals surface area (Å²) in [6.07, 6.45) is -3.08. The van der Waals surface area contributed by atoms with E-state index in [1.54, 1.807) is 0 Å². The van der Waals surface area contributed by atoms with Gasteiger partial charge in [-0.1, -0.05) is 17.9 Å². The molecule has 33 heavy (non-hydrogen) atoms. The van der Waals surface area contributed by atoms with Gasteiger partial charge in [-0.25, -0.2) is 23.9 Å². The molecule has 0 amide bonds. The molecule has 1 aromatic carbocycles. The Hall–Kier alpha value is -3.19.